The van der Waals surface area contributed by atoms with Crippen molar-refractivity contribution in [2.75, 3.05) is 27.2 Å². The lowest BCUT2D eigenvalue weighted by Gasteiger charge is -2.48. The van der Waals surface area contributed by atoms with E-state index in [1.807, 2.05) is 0 Å². The molecule has 1 fully saturated rings. The minimum Gasteiger partial charge on any atom is -0.343 e. The van der Waals surface area contributed by atoms with Gasteiger partial charge in [0, 0.05) is 42.3 Å². The number of rotatable bonds is 0. The van der Waals surface area contributed by atoms with Crippen LogP contribution >= 0.6 is 24.8 Å². The summed E-state index contributed by atoms with van der Waals surface area (Å²) >= 11 is 0. The van der Waals surface area contributed by atoms with Gasteiger partial charge >= 0.3 is 0 Å². The third-order valence-electron chi connectivity index (χ3n) is 5.41. The molecule has 1 saturated heterocycles. The molecule has 22 heavy (non-hydrogen) atoms. The fourth-order valence-corrected chi connectivity index (χ4v) is 4.30. The van der Waals surface area contributed by atoms with Gasteiger partial charge in [0.15, 0.2) is 0 Å². The first kappa shape index (κ1) is 17.6. The maximum absolute atomic E-state index is 2.57. The van der Waals surface area contributed by atoms with Crippen molar-refractivity contribution >= 4 is 35.7 Å². The van der Waals surface area contributed by atoms with Crippen molar-refractivity contribution in [1.82, 2.24) is 14.4 Å². The lowest BCUT2D eigenvalue weighted by molar-refractivity contribution is 0.0296. The van der Waals surface area contributed by atoms with Gasteiger partial charge in [0.25, 0.3) is 0 Å². The number of hydrogen-bond acceptors (Lipinski definition) is 2. The normalized spacial score (nSPS) is 25.0. The molecule has 3 heterocycles. The number of hydrogen-bond donors (Lipinski definition) is 0. The molecule has 2 aliphatic rings. The molecule has 0 saturated carbocycles. The van der Waals surface area contributed by atoms with Crippen molar-refractivity contribution in [2.24, 2.45) is 0 Å². The number of aryl methyl sites for hydroxylation is 2. The van der Waals surface area contributed by atoms with Gasteiger partial charge in [-0.15, -0.1) is 24.8 Å². The number of piperazine rings is 1. The maximum atomic E-state index is 2.57. The Bertz CT molecular complexity index is 667. The monoisotopic (exact) mass is 341 g/mol. The topological polar surface area (TPSA) is 11.4 Å². The quantitative estimate of drug-likeness (QED) is 0.726. The molecule has 0 radical (unpaired) electrons. The Morgan fingerprint density at radius 3 is 2.41 bits per heavy atom. The lowest BCUT2D eigenvalue weighted by atomic mass is 9.91. The van der Waals surface area contributed by atoms with Gasteiger partial charge < -0.3 is 9.47 Å². The summed E-state index contributed by atoms with van der Waals surface area (Å²) in [5, 5.41) is 1.43. The van der Waals surface area contributed by atoms with Crippen LogP contribution in [0.1, 0.15) is 23.7 Å². The summed E-state index contributed by atoms with van der Waals surface area (Å²) in [6.45, 7) is 5.82. The van der Waals surface area contributed by atoms with E-state index in [4.69, 9.17) is 0 Å². The molecular weight excluding hydrogens is 317 g/mol. The molecule has 1 aromatic carbocycles. The Morgan fingerprint density at radius 1 is 0.955 bits per heavy atom. The van der Waals surface area contributed by atoms with Crippen molar-refractivity contribution in [3.05, 3.63) is 35.5 Å². The van der Waals surface area contributed by atoms with E-state index in [9.17, 15) is 0 Å². The predicted octanol–water partition coefficient (Wildman–Crippen LogP) is 3.48. The lowest BCUT2D eigenvalue weighted by Crippen LogP contribution is -2.54. The van der Waals surface area contributed by atoms with Gasteiger partial charge in [-0.05, 0) is 39.1 Å². The standard InChI is InChI=1S/C17H23N3.2ClH/c1-12-13-6-4-5-7-14(13)20-9-8-15-17(16(12)20)19(3)11-10-18(15)2;;/h4-7,15,17H,8-11H2,1-3H3;2*1H. The number of benzene rings is 1. The van der Waals surface area contributed by atoms with Gasteiger partial charge in [0.1, 0.15) is 0 Å². The molecule has 2 atom stereocenters. The van der Waals surface area contributed by atoms with E-state index >= 15 is 0 Å². The molecule has 0 amide bonds. The second-order valence-corrected chi connectivity index (χ2v) is 6.44. The molecule has 0 bridgehead atoms. The van der Waals surface area contributed by atoms with Crippen LogP contribution in [0.4, 0.5) is 0 Å². The van der Waals surface area contributed by atoms with Crippen LogP contribution in [0.15, 0.2) is 24.3 Å². The maximum Gasteiger partial charge on any atom is 0.0659 e. The Labute approximate surface area is 145 Å². The van der Waals surface area contributed by atoms with E-state index in [0.717, 1.165) is 6.54 Å². The number of likely N-dealkylation sites (N-methyl/N-ethyl adjacent to an activating group) is 2. The van der Waals surface area contributed by atoms with E-state index in [1.54, 1.807) is 5.69 Å². The Kier molecular flexibility index (Phi) is 5.13. The number of nitrogens with zero attached hydrogens (tertiary/aromatic N) is 3. The Balaban J connectivity index is 0.000000882. The first-order chi connectivity index (χ1) is 9.68. The number of para-hydroxylation sites is 1. The summed E-state index contributed by atoms with van der Waals surface area (Å²) in [6.07, 6.45) is 1.26. The van der Waals surface area contributed by atoms with Crippen molar-refractivity contribution in [3.8, 4) is 0 Å². The van der Waals surface area contributed by atoms with Crippen molar-refractivity contribution in [3.63, 3.8) is 0 Å². The fraction of sp³-hybridized carbons (Fsp3) is 0.529. The predicted molar refractivity (Wildman–Crippen MR) is 97.6 cm³/mol. The first-order valence-electron chi connectivity index (χ1n) is 7.66. The molecule has 0 spiro atoms. The third-order valence-corrected chi connectivity index (χ3v) is 5.41. The third kappa shape index (κ3) is 2.35. The summed E-state index contributed by atoms with van der Waals surface area (Å²) < 4.78 is 2.57. The average Bonchev–Trinajstić information content (AvgIpc) is 2.77. The van der Waals surface area contributed by atoms with E-state index in [1.165, 1.54) is 36.0 Å². The molecule has 5 heteroatoms. The zero-order valence-corrected chi connectivity index (χ0v) is 15.1. The highest BCUT2D eigenvalue weighted by atomic mass is 35.5. The molecule has 4 rings (SSSR count). The minimum absolute atomic E-state index is 0. The Hall–Kier alpha value is -0.740. The molecule has 2 unspecified atom stereocenters. The van der Waals surface area contributed by atoms with E-state index in [2.05, 4.69) is 59.7 Å². The molecule has 2 aromatic rings. The van der Waals surface area contributed by atoms with Gasteiger partial charge in [-0.1, -0.05) is 18.2 Å². The summed E-state index contributed by atoms with van der Waals surface area (Å²) in [4.78, 5) is 5.12. The number of fused-ring (bicyclic) bond motifs is 5. The van der Waals surface area contributed by atoms with Gasteiger partial charge in [-0.25, -0.2) is 0 Å². The largest absolute Gasteiger partial charge is 0.343 e. The first-order valence-corrected chi connectivity index (χ1v) is 7.66. The van der Waals surface area contributed by atoms with Crippen LogP contribution in [0.3, 0.4) is 0 Å². The molecule has 2 aliphatic heterocycles. The van der Waals surface area contributed by atoms with Crippen molar-refractivity contribution in [2.45, 2.75) is 32.0 Å². The van der Waals surface area contributed by atoms with Crippen LogP contribution in [0.2, 0.25) is 0 Å². The van der Waals surface area contributed by atoms with E-state index in [0.29, 0.717) is 12.1 Å². The van der Waals surface area contributed by atoms with Crippen LogP contribution in [0.25, 0.3) is 10.9 Å². The molecule has 1 aromatic heterocycles. The second-order valence-electron chi connectivity index (χ2n) is 6.44. The van der Waals surface area contributed by atoms with Crippen LogP contribution in [-0.2, 0) is 6.54 Å². The highest BCUT2D eigenvalue weighted by Gasteiger charge is 2.39. The molecule has 122 valence electrons. The van der Waals surface area contributed by atoms with Crippen LogP contribution in [0.5, 0.6) is 0 Å². The van der Waals surface area contributed by atoms with Gasteiger partial charge in [-0.2, -0.15) is 0 Å². The van der Waals surface area contributed by atoms with Crippen LogP contribution in [-0.4, -0.2) is 47.6 Å². The minimum atomic E-state index is 0. The second kappa shape index (κ2) is 6.40. The SMILES string of the molecule is Cc1c2n(c3ccccc13)CCC1C2N(C)CCN1C.Cl.Cl. The van der Waals surface area contributed by atoms with E-state index in [-0.39, 0.29) is 24.8 Å². The Morgan fingerprint density at radius 2 is 1.64 bits per heavy atom. The fourth-order valence-electron chi connectivity index (χ4n) is 4.30. The summed E-state index contributed by atoms with van der Waals surface area (Å²) in [7, 11) is 4.58. The molecular formula is C17H25Cl2N3. The number of halogens is 2. The summed E-state index contributed by atoms with van der Waals surface area (Å²) in [6, 6.07) is 10.1. The average molecular weight is 342 g/mol. The molecule has 0 N–H and O–H groups in total. The van der Waals surface area contributed by atoms with Gasteiger partial charge in [-0.3, -0.25) is 4.90 Å². The van der Waals surface area contributed by atoms with Gasteiger partial charge in [0.2, 0.25) is 0 Å². The summed E-state index contributed by atoms with van der Waals surface area (Å²) in [5.41, 5.74) is 4.45. The van der Waals surface area contributed by atoms with E-state index < -0.39 is 0 Å². The summed E-state index contributed by atoms with van der Waals surface area (Å²) in [5.74, 6) is 0. The van der Waals surface area contributed by atoms with Crippen molar-refractivity contribution < 1.29 is 0 Å². The zero-order valence-electron chi connectivity index (χ0n) is 13.5. The van der Waals surface area contributed by atoms with Crippen molar-refractivity contribution in [1.29, 1.82) is 0 Å². The number of aromatic nitrogens is 1. The highest BCUT2D eigenvalue weighted by molar-refractivity contribution is 5.86. The molecule has 3 nitrogen and oxygen atoms in total. The van der Waals surface area contributed by atoms with Crippen LogP contribution in [0, 0.1) is 6.92 Å². The highest BCUT2D eigenvalue weighted by Crippen LogP contribution is 2.41. The zero-order chi connectivity index (χ0) is 13.9. The van der Waals surface area contributed by atoms with Gasteiger partial charge in [0.05, 0.1) is 6.04 Å². The smallest absolute Gasteiger partial charge is 0.0659 e. The molecule has 0 aliphatic carbocycles. The van der Waals surface area contributed by atoms with Crippen LogP contribution < -0.4 is 0 Å².